The third-order valence-electron chi connectivity index (χ3n) is 3.52. The molecule has 1 aromatic carbocycles. The van der Waals surface area contributed by atoms with Gasteiger partial charge in [0.15, 0.2) is 11.6 Å². The molecule has 110 valence electrons. The molecule has 2 rings (SSSR count). The van der Waals surface area contributed by atoms with Crippen LogP contribution in [0, 0.1) is 11.7 Å². The number of carbonyl (C=O) groups is 1. The summed E-state index contributed by atoms with van der Waals surface area (Å²) in [5.41, 5.74) is 0.748. The van der Waals surface area contributed by atoms with Crippen molar-refractivity contribution in [3.05, 3.63) is 29.6 Å². The standard InChI is InChI=1S/C15H21FN2O2/c1-10(2)6-7-18-14(19)9-17-15(18)11-4-5-13(20-3)12(16)8-11/h4-5,8,10,15,17H,6-7,9H2,1-3H3. The molecular formula is C15H21FN2O2. The van der Waals surface area contributed by atoms with Crippen LogP contribution in [0.3, 0.4) is 0 Å². The summed E-state index contributed by atoms with van der Waals surface area (Å²) in [5.74, 6) is 0.394. The van der Waals surface area contributed by atoms with Crippen LogP contribution in [0.5, 0.6) is 5.75 Å². The van der Waals surface area contributed by atoms with Crippen molar-refractivity contribution in [3.63, 3.8) is 0 Å². The largest absolute Gasteiger partial charge is 0.494 e. The SMILES string of the molecule is COc1ccc(C2NCC(=O)N2CCC(C)C)cc1F. The maximum absolute atomic E-state index is 13.8. The van der Waals surface area contributed by atoms with E-state index in [1.54, 1.807) is 17.0 Å². The van der Waals surface area contributed by atoms with Crippen LogP contribution in [0.25, 0.3) is 0 Å². The van der Waals surface area contributed by atoms with Crippen molar-refractivity contribution in [2.24, 2.45) is 5.92 Å². The summed E-state index contributed by atoms with van der Waals surface area (Å²) in [6.45, 7) is 5.23. The van der Waals surface area contributed by atoms with Crippen LogP contribution in [-0.4, -0.2) is 31.0 Å². The quantitative estimate of drug-likeness (QED) is 0.900. The molecule has 1 aliphatic heterocycles. The smallest absolute Gasteiger partial charge is 0.238 e. The fourth-order valence-corrected chi connectivity index (χ4v) is 2.34. The summed E-state index contributed by atoms with van der Waals surface area (Å²) in [6.07, 6.45) is 0.685. The summed E-state index contributed by atoms with van der Waals surface area (Å²) in [6, 6.07) is 4.81. The number of hydrogen-bond donors (Lipinski definition) is 1. The van der Waals surface area contributed by atoms with Gasteiger partial charge in [-0.15, -0.1) is 0 Å². The molecule has 1 N–H and O–H groups in total. The Labute approximate surface area is 118 Å². The number of benzene rings is 1. The van der Waals surface area contributed by atoms with Gasteiger partial charge in [0, 0.05) is 6.54 Å². The van der Waals surface area contributed by atoms with E-state index in [0.29, 0.717) is 19.0 Å². The highest BCUT2D eigenvalue weighted by molar-refractivity contribution is 5.80. The lowest BCUT2D eigenvalue weighted by Gasteiger charge is -2.25. The van der Waals surface area contributed by atoms with Gasteiger partial charge in [0.05, 0.1) is 13.7 Å². The molecule has 1 heterocycles. The highest BCUT2D eigenvalue weighted by atomic mass is 19.1. The number of carbonyl (C=O) groups excluding carboxylic acids is 1. The predicted molar refractivity (Wildman–Crippen MR) is 74.9 cm³/mol. The number of nitrogens with one attached hydrogen (secondary N) is 1. The Morgan fingerprint density at radius 1 is 1.50 bits per heavy atom. The molecule has 0 aromatic heterocycles. The Kier molecular flexibility index (Phi) is 4.60. The molecule has 1 atom stereocenters. The van der Waals surface area contributed by atoms with Crippen LogP contribution in [0.2, 0.25) is 0 Å². The minimum absolute atomic E-state index is 0.0619. The van der Waals surface area contributed by atoms with Gasteiger partial charge in [-0.3, -0.25) is 10.1 Å². The average molecular weight is 280 g/mol. The van der Waals surface area contributed by atoms with E-state index in [2.05, 4.69) is 19.2 Å². The summed E-state index contributed by atoms with van der Waals surface area (Å²) >= 11 is 0. The van der Waals surface area contributed by atoms with E-state index in [1.807, 2.05) is 0 Å². The van der Waals surface area contributed by atoms with Crippen molar-refractivity contribution in [3.8, 4) is 5.75 Å². The molecule has 0 aliphatic carbocycles. The molecule has 1 fully saturated rings. The molecule has 0 bridgehead atoms. The van der Waals surface area contributed by atoms with Gasteiger partial charge in [0.1, 0.15) is 6.17 Å². The maximum atomic E-state index is 13.8. The van der Waals surface area contributed by atoms with Crippen LogP contribution in [0.4, 0.5) is 4.39 Å². The third-order valence-corrected chi connectivity index (χ3v) is 3.52. The molecule has 0 saturated carbocycles. The topological polar surface area (TPSA) is 41.6 Å². The number of rotatable bonds is 5. The fraction of sp³-hybridized carbons (Fsp3) is 0.533. The van der Waals surface area contributed by atoms with E-state index in [0.717, 1.165) is 12.0 Å². The van der Waals surface area contributed by atoms with E-state index in [9.17, 15) is 9.18 Å². The first-order chi connectivity index (χ1) is 9.52. The van der Waals surface area contributed by atoms with Gasteiger partial charge in [-0.05, 0) is 30.0 Å². The summed E-state index contributed by atoms with van der Waals surface area (Å²) in [4.78, 5) is 13.7. The van der Waals surface area contributed by atoms with Crippen LogP contribution in [0.15, 0.2) is 18.2 Å². The Balaban J connectivity index is 2.17. The van der Waals surface area contributed by atoms with Gasteiger partial charge in [-0.1, -0.05) is 19.9 Å². The molecule has 1 aliphatic rings. The lowest BCUT2D eigenvalue weighted by atomic mass is 10.1. The summed E-state index contributed by atoms with van der Waals surface area (Å²) in [7, 11) is 1.43. The Bertz CT molecular complexity index is 491. The molecule has 0 spiro atoms. The first kappa shape index (κ1) is 14.8. The molecule has 20 heavy (non-hydrogen) atoms. The fourth-order valence-electron chi connectivity index (χ4n) is 2.34. The van der Waals surface area contributed by atoms with Crippen molar-refractivity contribution < 1.29 is 13.9 Å². The third kappa shape index (κ3) is 3.10. The zero-order valence-corrected chi connectivity index (χ0v) is 12.1. The van der Waals surface area contributed by atoms with Crippen molar-refractivity contribution >= 4 is 5.91 Å². The number of halogens is 1. The second-order valence-corrected chi connectivity index (χ2v) is 5.45. The zero-order chi connectivity index (χ0) is 14.7. The van der Waals surface area contributed by atoms with Crippen molar-refractivity contribution in [1.82, 2.24) is 10.2 Å². The minimum Gasteiger partial charge on any atom is -0.494 e. The first-order valence-corrected chi connectivity index (χ1v) is 6.89. The molecule has 1 amide bonds. The maximum Gasteiger partial charge on any atom is 0.238 e. The molecule has 1 aromatic rings. The van der Waals surface area contributed by atoms with E-state index >= 15 is 0 Å². The van der Waals surface area contributed by atoms with Crippen molar-refractivity contribution in [1.29, 1.82) is 0 Å². The molecule has 0 radical (unpaired) electrons. The second kappa shape index (κ2) is 6.22. The molecule has 1 unspecified atom stereocenters. The van der Waals surface area contributed by atoms with Crippen molar-refractivity contribution in [2.75, 3.05) is 20.2 Å². The van der Waals surface area contributed by atoms with Crippen LogP contribution in [-0.2, 0) is 4.79 Å². The highest BCUT2D eigenvalue weighted by Crippen LogP contribution is 2.27. The number of methoxy groups -OCH3 is 1. The zero-order valence-electron chi connectivity index (χ0n) is 12.1. The van der Waals surface area contributed by atoms with Gasteiger partial charge in [-0.2, -0.15) is 0 Å². The molecule has 1 saturated heterocycles. The van der Waals surface area contributed by atoms with Crippen LogP contribution in [0.1, 0.15) is 32.0 Å². The van der Waals surface area contributed by atoms with Gasteiger partial charge in [0.25, 0.3) is 0 Å². The second-order valence-electron chi connectivity index (χ2n) is 5.45. The van der Waals surface area contributed by atoms with Gasteiger partial charge in [-0.25, -0.2) is 4.39 Å². The summed E-state index contributed by atoms with van der Waals surface area (Å²) < 4.78 is 18.7. The van der Waals surface area contributed by atoms with E-state index in [1.165, 1.54) is 13.2 Å². The average Bonchev–Trinajstić information content (AvgIpc) is 2.77. The normalized spacial score (nSPS) is 18.9. The highest BCUT2D eigenvalue weighted by Gasteiger charge is 2.31. The van der Waals surface area contributed by atoms with Gasteiger partial charge in [0.2, 0.25) is 5.91 Å². The lowest BCUT2D eigenvalue weighted by Crippen LogP contribution is -2.31. The lowest BCUT2D eigenvalue weighted by molar-refractivity contribution is -0.128. The van der Waals surface area contributed by atoms with E-state index in [4.69, 9.17) is 4.74 Å². The van der Waals surface area contributed by atoms with E-state index < -0.39 is 5.82 Å². The predicted octanol–water partition coefficient (Wildman–Crippen LogP) is 2.31. The summed E-state index contributed by atoms with van der Waals surface area (Å²) in [5, 5.41) is 3.13. The number of nitrogens with zero attached hydrogens (tertiary/aromatic N) is 1. The van der Waals surface area contributed by atoms with Gasteiger partial charge >= 0.3 is 0 Å². The number of amides is 1. The Morgan fingerprint density at radius 3 is 2.85 bits per heavy atom. The minimum atomic E-state index is -0.407. The number of hydrogen-bond acceptors (Lipinski definition) is 3. The van der Waals surface area contributed by atoms with E-state index in [-0.39, 0.29) is 17.8 Å². The molecule has 5 heteroatoms. The molecular weight excluding hydrogens is 259 g/mol. The Hall–Kier alpha value is -1.62. The monoisotopic (exact) mass is 280 g/mol. The van der Waals surface area contributed by atoms with Gasteiger partial charge < -0.3 is 9.64 Å². The van der Waals surface area contributed by atoms with Crippen LogP contribution < -0.4 is 10.1 Å². The Morgan fingerprint density at radius 2 is 2.25 bits per heavy atom. The molecule has 4 nitrogen and oxygen atoms in total. The van der Waals surface area contributed by atoms with Crippen molar-refractivity contribution in [2.45, 2.75) is 26.4 Å². The number of ether oxygens (including phenoxy) is 1. The first-order valence-electron chi connectivity index (χ1n) is 6.89. The van der Waals surface area contributed by atoms with Crippen LogP contribution >= 0.6 is 0 Å².